The molecule has 3 aromatic rings. The third-order valence-electron chi connectivity index (χ3n) is 4.87. The van der Waals surface area contributed by atoms with E-state index < -0.39 is 16.1 Å². The van der Waals surface area contributed by atoms with E-state index in [1.54, 1.807) is 43.5 Å². The fraction of sp³-hybridized carbons (Fsp3) is 0.273. The molecule has 1 atom stereocenters. The van der Waals surface area contributed by atoms with Crippen molar-refractivity contribution in [3.05, 3.63) is 78.4 Å². The van der Waals surface area contributed by atoms with Crippen molar-refractivity contribution in [3.8, 4) is 5.69 Å². The van der Waals surface area contributed by atoms with Gasteiger partial charge in [-0.25, -0.2) is 13.4 Å². The van der Waals surface area contributed by atoms with Crippen LogP contribution in [0.3, 0.4) is 0 Å². The predicted molar refractivity (Wildman–Crippen MR) is 118 cm³/mol. The number of anilines is 1. The fourth-order valence-electron chi connectivity index (χ4n) is 3.46. The lowest BCUT2D eigenvalue weighted by molar-refractivity contribution is -0.122. The molecule has 0 aliphatic rings. The zero-order valence-electron chi connectivity index (χ0n) is 17.3. The van der Waals surface area contributed by atoms with Gasteiger partial charge in [-0.1, -0.05) is 43.3 Å². The highest BCUT2D eigenvalue weighted by molar-refractivity contribution is 7.92. The van der Waals surface area contributed by atoms with Gasteiger partial charge in [0.25, 0.3) is 0 Å². The molecule has 1 N–H and O–H groups in total. The van der Waals surface area contributed by atoms with E-state index in [1.807, 2.05) is 42.0 Å². The lowest BCUT2D eigenvalue weighted by Crippen LogP contribution is -2.49. The Hall–Kier alpha value is -3.13. The summed E-state index contributed by atoms with van der Waals surface area (Å²) in [4.78, 5) is 17.3. The molecule has 0 unspecified atom stereocenters. The third-order valence-corrected chi connectivity index (χ3v) is 6.05. The highest BCUT2D eigenvalue weighted by Gasteiger charge is 2.31. The molecule has 0 radical (unpaired) electrons. The second kappa shape index (κ2) is 9.13. The molecule has 0 aliphatic carbocycles. The minimum absolute atomic E-state index is 0.273. The van der Waals surface area contributed by atoms with Crippen molar-refractivity contribution >= 4 is 21.6 Å². The monoisotopic (exact) mass is 426 g/mol. The Kier molecular flexibility index (Phi) is 6.56. The Morgan fingerprint density at radius 1 is 1.13 bits per heavy atom. The van der Waals surface area contributed by atoms with Crippen molar-refractivity contribution in [2.45, 2.75) is 32.9 Å². The van der Waals surface area contributed by atoms with Crippen molar-refractivity contribution < 1.29 is 13.2 Å². The summed E-state index contributed by atoms with van der Waals surface area (Å²) in [5.41, 5.74) is 2.30. The number of carbonyl (C=O) groups is 1. The molecule has 0 fully saturated rings. The molecule has 1 amide bonds. The number of hydrogen-bond acceptors (Lipinski definition) is 4. The average molecular weight is 427 g/mol. The third kappa shape index (κ3) is 4.71. The fourth-order valence-corrected chi connectivity index (χ4v) is 4.67. The summed E-state index contributed by atoms with van der Waals surface area (Å²) in [5.74, 6) is 0.497. The van der Waals surface area contributed by atoms with Crippen LogP contribution in [0.2, 0.25) is 0 Å². The lowest BCUT2D eigenvalue weighted by Gasteiger charge is -2.30. The number of aryl methyl sites for hydroxylation is 1. The largest absolute Gasteiger partial charge is 0.350 e. The second-order valence-electron chi connectivity index (χ2n) is 7.01. The van der Waals surface area contributed by atoms with Gasteiger partial charge in [-0.2, -0.15) is 0 Å². The maximum absolute atomic E-state index is 13.0. The molecule has 0 saturated heterocycles. The van der Waals surface area contributed by atoms with Crippen LogP contribution in [0, 0.1) is 6.92 Å². The number of nitrogens with one attached hydrogen (secondary N) is 1. The van der Waals surface area contributed by atoms with Gasteiger partial charge in [-0.15, -0.1) is 0 Å². The van der Waals surface area contributed by atoms with Crippen molar-refractivity contribution in [1.82, 2.24) is 14.9 Å². The molecule has 2 aromatic carbocycles. The molecule has 3 rings (SSSR count). The van der Waals surface area contributed by atoms with E-state index in [1.165, 1.54) is 4.31 Å². The number of sulfonamides is 1. The van der Waals surface area contributed by atoms with E-state index in [-0.39, 0.29) is 12.5 Å². The molecule has 8 heteroatoms. The lowest BCUT2D eigenvalue weighted by atomic mass is 10.1. The molecule has 0 spiro atoms. The first-order valence-corrected chi connectivity index (χ1v) is 11.6. The van der Waals surface area contributed by atoms with E-state index in [2.05, 4.69) is 10.3 Å². The van der Waals surface area contributed by atoms with Gasteiger partial charge in [-0.3, -0.25) is 9.10 Å². The highest BCUT2D eigenvalue weighted by atomic mass is 32.2. The Morgan fingerprint density at radius 3 is 2.40 bits per heavy atom. The normalized spacial score (nSPS) is 12.4. The van der Waals surface area contributed by atoms with Crippen LogP contribution < -0.4 is 9.62 Å². The Labute approximate surface area is 177 Å². The van der Waals surface area contributed by atoms with E-state index in [9.17, 15) is 13.2 Å². The van der Waals surface area contributed by atoms with Gasteiger partial charge in [0, 0.05) is 18.9 Å². The van der Waals surface area contributed by atoms with E-state index in [4.69, 9.17) is 0 Å². The molecule has 0 aliphatic heterocycles. The van der Waals surface area contributed by atoms with Crippen LogP contribution in [0.1, 0.15) is 24.7 Å². The van der Waals surface area contributed by atoms with Crippen molar-refractivity contribution in [1.29, 1.82) is 0 Å². The van der Waals surface area contributed by atoms with Crippen LogP contribution in [0.5, 0.6) is 0 Å². The average Bonchev–Trinajstić information content (AvgIpc) is 3.15. The van der Waals surface area contributed by atoms with Crippen molar-refractivity contribution in [2.24, 2.45) is 0 Å². The predicted octanol–water partition coefficient (Wildman–Crippen LogP) is 3.04. The molecule has 1 heterocycles. The zero-order chi connectivity index (χ0) is 21.7. The Bertz CT molecular complexity index is 1110. The summed E-state index contributed by atoms with van der Waals surface area (Å²) in [5, 5.41) is 2.92. The Morgan fingerprint density at radius 2 is 1.80 bits per heavy atom. The van der Waals surface area contributed by atoms with Crippen LogP contribution in [0.25, 0.3) is 5.69 Å². The molecule has 0 saturated carbocycles. The first-order valence-electron chi connectivity index (χ1n) is 9.73. The van der Waals surface area contributed by atoms with Gasteiger partial charge in [0.1, 0.15) is 11.9 Å². The molecular formula is C22H26N4O3S. The number of hydrogen-bond donors (Lipinski definition) is 1. The molecule has 0 bridgehead atoms. The highest BCUT2D eigenvalue weighted by Crippen LogP contribution is 2.22. The number of aromatic nitrogens is 2. The first kappa shape index (κ1) is 21.6. The van der Waals surface area contributed by atoms with Crippen molar-refractivity contribution in [2.75, 3.05) is 10.6 Å². The molecule has 7 nitrogen and oxygen atoms in total. The van der Waals surface area contributed by atoms with Crippen LogP contribution in [-0.2, 0) is 21.4 Å². The summed E-state index contributed by atoms with van der Waals surface area (Å²) in [7, 11) is -3.65. The van der Waals surface area contributed by atoms with E-state index in [0.29, 0.717) is 12.1 Å². The topological polar surface area (TPSA) is 84.3 Å². The second-order valence-corrected chi connectivity index (χ2v) is 8.87. The number of amides is 1. The molecule has 30 heavy (non-hydrogen) atoms. The molecular weight excluding hydrogens is 400 g/mol. The van der Waals surface area contributed by atoms with Gasteiger partial charge in [0.15, 0.2) is 0 Å². The van der Waals surface area contributed by atoms with Gasteiger partial charge in [0.2, 0.25) is 15.9 Å². The summed E-state index contributed by atoms with van der Waals surface area (Å²) in [6, 6.07) is 15.6. The number of rotatable bonds is 8. The number of nitrogens with zero attached hydrogens (tertiary/aromatic N) is 3. The maximum atomic E-state index is 13.0. The smallest absolute Gasteiger partial charge is 0.244 e. The Balaban J connectivity index is 1.84. The summed E-state index contributed by atoms with van der Waals surface area (Å²) in [6.07, 6.45) is 5.05. The zero-order valence-corrected chi connectivity index (χ0v) is 18.1. The van der Waals surface area contributed by atoms with E-state index >= 15 is 0 Å². The van der Waals surface area contributed by atoms with Gasteiger partial charge >= 0.3 is 0 Å². The minimum Gasteiger partial charge on any atom is -0.350 e. The van der Waals surface area contributed by atoms with Crippen LogP contribution >= 0.6 is 0 Å². The van der Waals surface area contributed by atoms with Gasteiger partial charge in [0.05, 0.1) is 17.6 Å². The van der Waals surface area contributed by atoms with Gasteiger partial charge in [-0.05, 0) is 37.1 Å². The van der Waals surface area contributed by atoms with Crippen LogP contribution in [-0.4, -0.2) is 36.2 Å². The number of carbonyl (C=O) groups excluding carboxylic acids is 1. The maximum Gasteiger partial charge on any atom is 0.244 e. The number of benzene rings is 2. The molecule has 1 aromatic heterocycles. The van der Waals surface area contributed by atoms with Crippen LogP contribution in [0.15, 0.2) is 67.0 Å². The quantitative estimate of drug-likeness (QED) is 0.600. The summed E-state index contributed by atoms with van der Waals surface area (Å²) >= 11 is 0. The number of para-hydroxylation sites is 2. The van der Waals surface area contributed by atoms with Crippen molar-refractivity contribution in [3.63, 3.8) is 0 Å². The SMILES string of the molecule is CC[C@@H](C(=O)NCc1ccccc1-n1ccnc1C)N(c1ccccc1)S(C)(=O)=O. The first-order chi connectivity index (χ1) is 14.3. The van der Waals surface area contributed by atoms with Crippen LogP contribution in [0.4, 0.5) is 5.69 Å². The number of imidazole rings is 1. The van der Waals surface area contributed by atoms with E-state index in [0.717, 1.165) is 23.3 Å². The summed E-state index contributed by atoms with van der Waals surface area (Å²) in [6.45, 7) is 3.98. The summed E-state index contributed by atoms with van der Waals surface area (Å²) < 4.78 is 28.1. The standard InChI is InChI=1S/C22H26N4O3S/c1-4-20(26(30(3,28)29)19-11-6-5-7-12-19)22(27)24-16-18-10-8-9-13-21(18)25-15-14-23-17(25)2/h5-15,20H,4,16H2,1-3H3,(H,24,27)/t20-/m0/s1. The molecule has 158 valence electrons. The minimum atomic E-state index is -3.65. The van der Waals surface area contributed by atoms with Gasteiger partial charge < -0.3 is 9.88 Å².